The second-order valence-corrected chi connectivity index (χ2v) is 8.19. The number of nitrogens with zero attached hydrogens (tertiary/aromatic N) is 2. The number of aromatic nitrogens is 2. The van der Waals surface area contributed by atoms with Crippen molar-refractivity contribution in [3.05, 3.63) is 60.2 Å². The van der Waals surface area contributed by atoms with Crippen LogP contribution in [-0.2, 0) is 5.60 Å². The first-order chi connectivity index (χ1) is 10.4. The predicted molar refractivity (Wildman–Crippen MR) is 86.8 cm³/mol. The molecule has 0 spiro atoms. The maximum absolute atomic E-state index is 11.4. The number of rotatable bonds is 3. The molecule has 1 heterocycles. The van der Waals surface area contributed by atoms with Gasteiger partial charge >= 0.3 is 146 Å². The van der Waals surface area contributed by atoms with E-state index >= 15 is 0 Å². The third kappa shape index (κ3) is 2.54. The number of hydrogen-bond donors (Lipinski definition) is 2. The molecule has 1 atom stereocenters. The Hall–Kier alpha value is -1.41. The minimum atomic E-state index is -1.12. The molecule has 110 valence electrons. The first kappa shape index (κ1) is 15.5. The zero-order valence-corrected chi connectivity index (χ0v) is 17.1. The monoisotopic (exact) mass is 486 g/mol. The molecule has 0 saturated carbocycles. The Kier molecular flexibility index (Phi) is 3.98. The second-order valence-electron chi connectivity index (χ2n) is 5.87. The SMILES string of the molecule is CC(C)C(O)(c1ccc2cc(O)ccc2c1)c1c[n]([Tl])cn1. The molecule has 2 N–H and O–H groups in total. The Bertz CT molecular complexity index is 828. The van der Waals surface area contributed by atoms with E-state index in [1.54, 1.807) is 18.5 Å². The van der Waals surface area contributed by atoms with E-state index in [0.717, 1.165) is 16.3 Å². The third-order valence-electron chi connectivity index (χ3n) is 4.09. The van der Waals surface area contributed by atoms with Crippen LogP contribution in [0.25, 0.3) is 10.8 Å². The second kappa shape index (κ2) is 5.66. The van der Waals surface area contributed by atoms with Gasteiger partial charge in [0.05, 0.1) is 0 Å². The molecule has 0 bridgehead atoms. The number of fused-ring (bicyclic) bond motifs is 1. The first-order valence-electron chi connectivity index (χ1n) is 7.16. The van der Waals surface area contributed by atoms with Crippen LogP contribution in [0, 0.1) is 5.92 Å². The van der Waals surface area contributed by atoms with Crippen LogP contribution >= 0.6 is 0 Å². The van der Waals surface area contributed by atoms with Gasteiger partial charge in [0.2, 0.25) is 0 Å². The number of aliphatic hydroxyl groups is 1. The average molecular weight is 486 g/mol. The molecule has 1 unspecified atom stereocenters. The number of phenolic OH excluding ortho intramolecular Hbond substituents is 1. The summed E-state index contributed by atoms with van der Waals surface area (Å²) in [5.41, 5.74) is 0.388. The molecule has 0 aliphatic heterocycles. The summed E-state index contributed by atoms with van der Waals surface area (Å²) in [5.74, 6) is 0.233. The van der Waals surface area contributed by atoms with Gasteiger partial charge in [0.1, 0.15) is 0 Å². The van der Waals surface area contributed by atoms with E-state index < -0.39 is 5.60 Å². The number of phenols is 1. The summed E-state index contributed by atoms with van der Waals surface area (Å²) in [4.78, 5) is 4.39. The Labute approximate surface area is 145 Å². The summed E-state index contributed by atoms with van der Waals surface area (Å²) in [5, 5.41) is 22.9. The van der Waals surface area contributed by atoms with E-state index in [1.807, 2.05) is 46.7 Å². The van der Waals surface area contributed by atoms with Crippen LogP contribution in [0.3, 0.4) is 0 Å². The van der Waals surface area contributed by atoms with Gasteiger partial charge < -0.3 is 0 Å². The Morgan fingerprint density at radius 3 is 2.45 bits per heavy atom. The maximum atomic E-state index is 11.4. The van der Waals surface area contributed by atoms with Crippen LogP contribution in [0.2, 0.25) is 0 Å². The summed E-state index contributed by atoms with van der Waals surface area (Å²) in [6, 6.07) is 11.1. The van der Waals surface area contributed by atoms with E-state index in [0.29, 0.717) is 31.8 Å². The summed E-state index contributed by atoms with van der Waals surface area (Å²) >= 11 is 0.627. The van der Waals surface area contributed by atoms with E-state index in [1.165, 1.54) is 0 Å². The zero-order valence-electron chi connectivity index (χ0n) is 12.6. The van der Waals surface area contributed by atoms with Gasteiger partial charge in [-0.2, -0.15) is 0 Å². The number of benzene rings is 2. The van der Waals surface area contributed by atoms with E-state index in [2.05, 4.69) is 4.98 Å². The van der Waals surface area contributed by atoms with Crippen molar-refractivity contribution >= 4 is 36.8 Å². The molecule has 0 aliphatic rings. The van der Waals surface area contributed by atoms with Gasteiger partial charge in [-0.25, -0.2) is 0 Å². The van der Waals surface area contributed by atoms with E-state index in [-0.39, 0.29) is 11.7 Å². The van der Waals surface area contributed by atoms with Crippen molar-refractivity contribution in [2.24, 2.45) is 5.92 Å². The first-order valence-corrected chi connectivity index (χ1v) is 9.17. The molecule has 0 aliphatic carbocycles. The van der Waals surface area contributed by atoms with Gasteiger partial charge in [-0.3, -0.25) is 0 Å². The molecule has 22 heavy (non-hydrogen) atoms. The minimum absolute atomic E-state index is 0.0121. The topological polar surface area (TPSA) is 58.3 Å². The molecule has 3 rings (SSSR count). The standard InChI is InChI=1S/C17H17N2O2.Tl/c1-11(2)17(21,16-9-18-10-19-16)14-5-3-13-8-15(20)6-4-12(13)7-14;/h3-11,21H,1-2H3,(H-,18,19,20);/q-1;+1. The fourth-order valence-corrected chi connectivity index (χ4v) is 3.59. The van der Waals surface area contributed by atoms with Crippen molar-refractivity contribution in [1.82, 2.24) is 7.36 Å². The van der Waals surface area contributed by atoms with Gasteiger partial charge in [0, 0.05) is 0 Å². The van der Waals surface area contributed by atoms with Gasteiger partial charge in [-0.05, 0) is 0 Å². The summed E-state index contributed by atoms with van der Waals surface area (Å²) < 4.78 is 2.00. The summed E-state index contributed by atoms with van der Waals surface area (Å²) in [6.45, 7) is 3.99. The predicted octanol–water partition coefficient (Wildman–Crippen LogP) is 2.57. The van der Waals surface area contributed by atoms with Crippen LogP contribution in [0.15, 0.2) is 48.9 Å². The van der Waals surface area contributed by atoms with Gasteiger partial charge in [-0.1, -0.05) is 0 Å². The van der Waals surface area contributed by atoms with Crippen LogP contribution in [0.1, 0.15) is 25.1 Å². The zero-order chi connectivity index (χ0) is 15.9. The molecule has 2 aromatic carbocycles. The molecule has 5 heteroatoms. The third-order valence-corrected chi connectivity index (χ3v) is 5.19. The van der Waals surface area contributed by atoms with Crippen molar-refractivity contribution in [1.29, 1.82) is 0 Å². The van der Waals surface area contributed by atoms with Gasteiger partial charge in [0.15, 0.2) is 0 Å². The fraction of sp³-hybridized carbons (Fsp3) is 0.235. The summed E-state index contributed by atoms with van der Waals surface area (Å²) in [6.07, 6.45) is 3.69. The van der Waals surface area contributed by atoms with Gasteiger partial charge in [0.25, 0.3) is 0 Å². The summed E-state index contributed by atoms with van der Waals surface area (Å²) in [7, 11) is 0. The average Bonchev–Trinajstić information content (AvgIpc) is 2.92. The van der Waals surface area contributed by atoms with E-state index in [4.69, 9.17) is 0 Å². The molecule has 0 fully saturated rings. The Balaban J connectivity index is 2.18. The van der Waals surface area contributed by atoms with Crippen molar-refractivity contribution in [3.8, 4) is 5.75 Å². The Morgan fingerprint density at radius 2 is 1.82 bits per heavy atom. The normalized spacial score (nSPS) is 14.3. The molecule has 0 saturated heterocycles. The number of imidazole rings is 1. The van der Waals surface area contributed by atoms with E-state index in [9.17, 15) is 10.2 Å². The number of aromatic hydroxyl groups is 1. The molecule has 3 aromatic rings. The van der Waals surface area contributed by atoms with Crippen molar-refractivity contribution < 1.29 is 10.2 Å². The van der Waals surface area contributed by atoms with Crippen molar-refractivity contribution in [2.75, 3.05) is 0 Å². The molecular formula is C17H17N2O2Tl. The molecule has 1 aromatic heterocycles. The molecular weight excluding hydrogens is 469 g/mol. The van der Waals surface area contributed by atoms with Crippen molar-refractivity contribution in [2.45, 2.75) is 19.4 Å². The molecule has 4 nitrogen and oxygen atoms in total. The van der Waals surface area contributed by atoms with Crippen LogP contribution in [-0.4, -0.2) is 43.6 Å². The number of hydrogen-bond acceptors (Lipinski definition) is 3. The quantitative estimate of drug-likeness (QED) is 0.561. The molecule has 0 amide bonds. The van der Waals surface area contributed by atoms with Crippen molar-refractivity contribution in [3.63, 3.8) is 0 Å². The van der Waals surface area contributed by atoms with Crippen LogP contribution < -0.4 is 0 Å². The molecule has 0 radical (unpaired) electrons. The van der Waals surface area contributed by atoms with Crippen LogP contribution in [0.4, 0.5) is 0 Å². The van der Waals surface area contributed by atoms with Gasteiger partial charge in [-0.15, -0.1) is 0 Å². The Morgan fingerprint density at radius 1 is 1.14 bits per heavy atom. The van der Waals surface area contributed by atoms with Crippen LogP contribution in [0.5, 0.6) is 5.75 Å². The fourth-order valence-electron chi connectivity index (χ4n) is 2.78.